The molecule has 4 rings (SSSR count). The Morgan fingerprint density at radius 2 is 2.08 bits per heavy atom. The molecule has 0 aromatic carbocycles. The fraction of sp³-hybridized carbons (Fsp3) is 0.765. The fourth-order valence-electron chi connectivity index (χ4n) is 5.19. The molecule has 2 N–H and O–H groups in total. The zero-order chi connectivity index (χ0) is 18.5. The number of esters is 2. The summed E-state index contributed by atoms with van der Waals surface area (Å²) in [7, 11) is 0. The van der Waals surface area contributed by atoms with Crippen LogP contribution >= 0.6 is 11.6 Å². The van der Waals surface area contributed by atoms with Crippen molar-refractivity contribution in [3.05, 3.63) is 12.2 Å². The zero-order valence-corrected chi connectivity index (χ0v) is 14.9. The van der Waals surface area contributed by atoms with Gasteiger partial charge >= 0.3 is 11.9 Å². The average molecular weight is 373 g/mol. The molecule has 2 aliphatic heterocycles. The number of aliphatic hydroxyl groups is 2. The van der Waals surface area contributed by atoms with Crippen molar-refractivity contribution in [3.63, 3.8) is 0 Å². The first-order valence-electron chi connectivity index (χ1n) is 8.30. The molecule has 138 valence electrons. The van der Waals surface area contributed by atoms with Gasteiger partial charge in [-0.05, 0) is 20.3 Å². The largest absolute Gasteiger partial charge is 0.459 e. The molecular formula is C17H21ClO7. The minimum absolute atomic E-state index is 0.166. The normalized spacial score (nSPS) is 56.4. The highest BCUT2D eigenvalue weighted by Crippen LogP contribution is 2.69. The number of carbonyl (C=O) groups is 2. The van der Waals surface area contributed by atoms with Crippen LogP contribution in [0.25, 0.3) is 0 Å². The Kier molecular flexibility index (Phi) is 3.29. The third kappa shape index (κ3) is 1.87. The molecule has 0 aromatic rings. The van der Waals surface area contributed by atoms with E-state index in [0.29, 0.717) is 0 Å². The standard InChI is InChI=1S/C17H21ClO7/c1-6-8-5-9(23-7(2)19)16(4,22)17-11(10(8)24-14(6)21)15(3,18)12(20)13(17)25-17/h8-13,20,22H,1,5H2,2-4H3/t8-,9+,10-,11-,12+,13-,15+,16+,17+/m0/s1. The van der Waals surface area contributed by atoms with Crippen LogP contribution in [-0.2, 0) is 23.8 Å². The Morgan fingerprint density at radius 3 is 2.68 bits per heavy atom. The Morgan fingerprint density at radius 1 is 1.44 bits per heavy atom. The van der Waals surface area contributed by atoms with E-state index >= 15 is 0 Å². The molecule has 2 saturated carbocycles. The van der Waals surface area contributed by atoms with Gasteiger partial charge in [-0.3, -0.25) is 4.79 Å². The van der Waals surface area contributed by atoms with Crippen LogP contribution in [-0.4, -0.2) is 62.6 Å². The molecule has 0 radical (unpaired) electrons. The van der Waals surface area contributed by atoms with E-state index in [0.717, 1.165) is 0 Å². The van der Waals surface area contributed by atoms with E-state index in [-0.39, 0.29) is 12.0 Å². The molecule has 0 unspecified atom stereocenters. The number of epoxide rings is 1. The molecule has 4 aliphatic rings. The van der Waals surface area contributed by atoms with E-state index in [1.165, 1.54) is 13.8 Å². The van der Waals surface area contributed by atoms with Crippen molar-refractivity contribution in [2.45, 2.75) is 67.7 Å². The lowest BCUT2D eigenvalue weighted by Crippen LogP contribution is -2.58. The first-order chi connectivity index (χ1) is 11.5. The minimum atomic E-state index is -1.61. The molecule has 0 amide bonds. The van der Waals surface area contributed by atoms with Gasteiger partial charge in [0, 0.05) is 18.4 Å². The molecule has 25 heavy (non-hydrogen) atoms. The molecule has 2 heterocycles. The van der Waals surface area contributed by atoms with Gasteiger partial charge in [0.1, 0.15) is 35.6 Å². The van der Waals surface area contributed by atoms with Crippen molar-refractivity contribution in [2.24, 2.45) is 11.8 Å². The van der Waals surface area contributed by atoms with Gasteiger partial charge in [-0.15, -0.1) is 11.6 Å². The molecule has 8 heteroatoms. The maximum atomic E-state index is 12.1. The Bertz CT molecular complexity index is 686. The zero-order valence-electron chi connectivity index (χ0n) is 14.2. The van der Waals surface area contributed by atoms with E-state index in [2.05, 4.69) is 6.58 Å². The van der Waals surface area contributed by atoms with E-state index < -0.39 is 64.3 Å². The second-order valence-corrected chi connectivity index (χ2v) is 8.70. The van der Waals surface area contributed by atoms with Crippen molar-refractivity contribution in [2.75, 3.05) is 0 Å². The number of halogens is 1. The SMILES string of the molecule is C=C1C(=O)O[C@H]2[C@H]1C[C@@H](OC(C)=O)[C@@](C)(O)[C@]13O[C@H]1[C@@H](O)[C@](C)(Cl)[C@H]23. The second kappa shape index (κ2) is 4.76. The summed E-state index contributed by atoms with van der Waals surface area (Å²) in [4.78, 5) is 22.5. The summed E-state index contributed by atoms with van der Waals surface area (Å²) in [6, 6.07) is 0. The van der Waals surface area contributed by atoms with Gasteiger partial charge in [0.15, 0.2) is 0 Å². The Hall–Kier alpha value is -1.15. The van der Waals surface area contributed by atoms with Crippen LogP contribution in [0.2, 0.25) is 0 Å². The van der Waals surface area contributed by atoms with E-state index in [9.17, 15) is 19.8 Å². The van der Waals surface area contributed by atoms with Gasteiger partial charge in [-0.1, -0.05) is 6.58 Å². The van der Waals surface area contributed by atoms with E-state index in [1.54, 1.807) is 6.92 Å². The summed E-state index contributed by atoms with van der Waals surface area (Å²) < 4.78 is 16.7. The fourth-order valence-corrected chi connectivity index (χ4v) is 5.60. The van der Waals surface area contributed by atoms with Crippen molar-refractivity contribution in [3.8, 4) is 0 Å². The molecule has 9 atom stereocenters. The molecular weight excluding hydrogens is 352 g/mol. The van der Waals surface area contributed by atoms with E-state index in [4.69, 9.17) is 25.8 Å². The summed E-state index contributed by atoms with van der Waals surface area (Å²) in [5.74, 6) is -2.26. The number of aliphatic hydroxyl groups excluding tert-OH is 1. The summed E-state index contributed by atoms with van der Waals surface area (Å²) in [6.07, 6.45) is -3.28. The van der Waals surface area contributed by atoms with Gasteiger partial charge in [0.2, 0.25) is 0 Å². The van der Waals surface area contributed by atoms with Crippen LogP contribution in [0.1, 0.15) is 27.2 Å². The van der Waals surface area contributed by atoms with E-state index in [1.807, 2.05) is 0 Å². The monoisotopic (exact) mass is 372 g/mol. The van der Waals surface area contributed by atoms with Gasteiger partial charge in [0.25, 0.3) is 0 Å². The molecule has 2 aliphatic carbocycles. The van der Waals surface area contributed by atoms with Gasteiger partial charge in [-0.2, -0.15) is 0 Å². The lowest BCUT2D eigenvalue weighted by Gasteiger charge is -2.41. The number of carbonyl (C=O) groups excluding carboxylic acids is 2. The quantitative estimate of drug-likeness (QED) is 0.295. The van der Waals surface area contributed by atoms with Gasteiger partial charge < -0.3 is 24.4 Å². The third-order valence-electron chi connectivity index (χ3n) is 6.49. The molecule has 2 saturated heterocycles. The summed E-state index contributed by atoms with van der Waals surface area (Å²) >= 11 is 6.66. The van der Waals surface area contributed by atoms with Crippen molar-refractivity contribution < 1.29 is 34.0 Å². The summed E-state index contributed by atoms with van der Waals surface area (Å²) in [5.41, 5.74) is -2.62. The first-order valence-corrected chi connectivity index (χ1v) is 8.68. The van der Waals surface area contributed by atoms with Gasteiger partial charge in [-0.25, -0.2) is 4.79 Å². The summed E-state index contributed by atoms with van der Waals surface area (Å²) in [5, 5.41) is 21.9. The molecule has 0 aromatic heterocycles. The van der Waals surface area contributed by atoms with Crippen molar-refractivity contribution in [1.29, 1.82) is 0 Å². The van der Waals surface area contributed by atoms with Gasteiger partial charge in [0.05, 0.1) is 10.8 Å². The number of rotatable bonds is 1. The van der Waals surface area contributed by atoms with Crippen molar-refractivity contribution >= 4 is 23.5 Å². The first kappa shape index (κ1) is 17.3. The van der Waals surface area contributed by atoms with Crippen LogP contribution in [0.3, 0.4) is 0 Å². The average Bonchev–Trinajstić information content (AvgIpc) is 3.14. The minimum Gasteiger partial charge on any atom is -0.459 e. The number of alkyl halides is 1. The maximum absolute atomic E-state index is 12.1. The Balaban J connectivity index is 1.88. The van der Waals surface area contributed by atoms with Crippen LogP contribution < -0.4 is 0 Å². The highest BCUT2D eigenvalue weighted by Gasteiger charge is 2.87. The number of fused-ring (bicyclic) bond motifs is 2. The molecule has 4 fully saturated rings. The summed E-state index contributed by atoms with van der Waals surface area (Å²) in [6.45, 7) is 8.21. The number of ether oxygens (including phenoxy) is 3. The second-order valence-electron chi connectivity index (χ2n) is 7.89. The third-order valence-corrected chi connectivity index (χ3v) is 6.95. The lowest BCUT2D eigenvalue weighted by molar-refractivity contribution is -0.175. The number of hydrogen-bond donors (Lipinski definition) is 2. The topological polar surface area (TPSA) is 106 Å². The van der Waals surface area contributed by atoms with Crippen molar-refractivity contribution in [1.82, 2.24) is 0 Å². The highest BCUT2D eigenvalue weighted by molar-refractivity contribution is 6.25. The van der Waals surface area contributed by atoms with Crippen LogP contribution in [0, 0.1) is 11.8 Å². The van der Waals surface area contributed by atoms with Crippen LogP contribution in [0.4, 0.5) is 0 Å². The molecule has 1 spiro atoms. The Labute approximate surface area is 149 Å². The number of hydrogen-bond acceptors (Lipinski definition) is 7. The lowest BCUT2D eigenvalue weighted by atomic mass is 9.74. The molecule has 0 bridgehead atoms. The predicted molar refractivity (Wildman–Crippen MR) is 84.7 cm³/mol. The van der Waals surface area contributed by atoms with Crippen LogP contribution in [0.15, 0.2) is 12.2 Å². The maximum Gasteiger partial charge on any atom is 0.334 e. The molecule has 7 nitrogen and oxygen atoms in total. The predicted octanol–water partition coefficient (Wildman–Crippen LogP) is 0.296. The highest BCUT2D eigenvalue weighted by atomic mass is 35.5. The smallest absolute Gasteiger partial charge is 0.334 e. The van der Waals surface area contributed by atoms with Crippen LogP contribution in [0.5, 0.6) is 0 Å².